The molecule has 5 heteroatoms. The van der Waals surface area contributed by atoms with Crippen LogP contribution in [0.15, 0.2) is 139 Å². The highest BCUT2D eigenvalue weighted by Crippen LogP contribution is 2.25. The molecular weight excluding hydrogens is 472 g/mol. The molecule has 194 valence electrons. The van der Waals surface area contributed by atoms with Crippen LogP contribution in [0.1, 0.15) is 18.9 Å². The SMILES string of the molecule is C=C/C=C\C(=C)N(C(/C=C\C)=C/C=C/C=C1/CC(=O)N(CCc2ccc(OC)cc2)C1=O)c1ccccc1. The Balaban J connectivity index is 1.75. The van der Waals surface area contributed by atoms with Crippen LogP contribution in [-0.2, 0) is 16.0 Å². The molecule has 0 radical (unpaired) electrons. The number of benzene rings is 2. The molecule has 1 fully saturated rings. The first-order valence-electron chi connectivity index (χ1n) is 12.5. The van der Waals surface area contributed by atoms with E-state index in [0.717, 1.165) is 28.4 Å². The average Bonchev–Trinajstić information content (AvgIpc) is 3.21. The Morgan fingerprint density at radius 1 is 1.03 bits per heavy atom. The summed E-state index contributed by atoms with van der Waals surface area (Å²) in [6.45, 7) is 10.3. The third-order valence-electron chi connectivity index (χ3n) is 5.94. The zero-order valence-corrected chi connectivity index (χ0v) is 22.0. The Labute approximate surface area is 225 Å². The van der Waals surface area contributed by atoms with Gasteiger partial charge in [-0.3, -0.25) is 14.5 Å². The number of methoxy groups -OCH3 is 1. The summed E-state index contributed by atoms with van der Waals surface area (Å²) >= 11 is 0. The molecule has 2 aromatic rings. The van der Waals surface area contributed by atoms with Gasteiger partial charge in [-0.1, -0.05) is 79.9 Å². The van der Waals surface area contributed by atoms with Crippen molar-refractivity contribution in [3.05, 3.63) is 145 Å². The van der Waals surface area contributed by atoms with Crippen LogP contribution in [0.2, 0.25) is 0 Å². The summed E-state index contributed by atoms with van der Waals surface area (Å²) in [5.74, 6) is 0.365. The molecule has 1 aliphatic heterocycles. The van der Waals surface area contributed by atoms with Crippen molar-refractivity contribution in [3.63, 3.8) is 0 Å². The van der Waals surface area contributed by atoms with Crippen molar-refractivity contribution in [2.24, 2.45) is 0 Å². The summed E-state index contributed by atoms with van der Waals surface area (Å²) in [6, 6.07) is 17.6. The van der Waals surface area contributed by atoms with Gasteiger partial charge >= 0.3 is 0 Å². The Kier molecular flexibility index (Phi) is 10.4. The first-order valence-corrected chi connectivity index (χ1v) is 12.5. The van der Waals surface area contributed by atoms with Crippen molar-refractivity contribution in [2.45, 2.75) is 19.8 Å². The van der Waals surface area contributed by atoms with Crippen molar-refractivity contribution < 1.29 is 14.3 Å². The number of amides is 2. The van der Waals surface area contributed by atoms with Gasteiger partial charge in [0.2, 0.25) is 5.91 Å². The summed E-state index contributed by atoms with van der Waals surface area (Å²) in [6.07, 6.45) is 17.4. The van der Waals surface area contributed by atoms with E-state index >= 15 is 0 Å². The summed E-state index contributed by atoms with van der Waals surface area (Å²) < 4.78 is 5.18. The van der Waals surface area contributed by atoms with Crippen molar-refractivity contribution in [3.8, 4) is 5.75 Å². The zero-order valence-electron chi connectivity index (χ0n) is 22.0. The van der Waals surface area contributed by atoms with Crippen LogP contribution in [-0.4, -0.2) is 30.4 Å². The number of likely N-dealkylation sites (tertiary alicyclic amines) is 1. The molecule has 5 nitrogen and oxygen atoms in total. The van der Waals surface area contributed by atoms with Gasteiger partial charge < -0.3 is 9.64 Å². The third kappa shape index (κ3) is 7.43. The molecule has 0 unspecified atom stereocenters. The van der Waals surface area contributed by atoms with E-state index in [4.69, 9.17) is 4.74 Å². The van der Waals surface area contributed by atoms with Gasteiger partial charge in [-0.05, 0) is 61.4 Å². The highest BCUT2D eigenvalue weighted by molar-refractivity contribution is 6.13. The van der Waals surface area contributed by atoms with E-state index in [0.29, 0.717) is 18.5 Å². The molecule has 1 saturated heterocycles. The minimum Gasteiger partial charge on any atom is -0.497 e. The van der Waals surface area contributed by atoms with Gasteiger partial charge in [-0.25, -0.2) is 0 Å². The number of imide groups is 1. The van der Waals surface area contributed by atoms with E-state index in [1.807, 2.05) is 103 Å². The largest absolute Gasteiger partial charge is 0.497 e. The molecular formula is C33H34N2O3. The number of carbonyl (C=O) groups is 2. The van der Waals surface area contributed by atoms with Crippen molar-refractivity contribution >= 4 is 17.5 Å². The first kappa shape index (κ1) is 27.9. The van der Waals surface area contributed by atoms with Gasteiger partial charge in [0.25, 0.3) is 5.91 Å². The van der Waals surface area contributed by atoms with Gasteiger partial charge in [0.05, 0.1) is 13.5 Å². The van der Waals surface area contributed by atoms with Crippen LogP contribution in [0.3, 0.4) is 0 Å². The fraction of sp³-hybridized carbons (Fsp3) is 0.152. The lowest BCUT2D eigenvalue weighted by Gasteiger charge is -2.26. The van der Waals surface area contributed by atoms with E-state index in [-0.39, 0.29) is 18.2 Å². The van der Waals surface area contributed by atoms with E-state index < -0.39 is 0 Å². The molecule has 0 saturated carbocycles. The first-order chi connectivity index (χ1) is 18.5. The number of allylic oxidation sites excluding steroid dienone is 9. The number of ether oxygens (including phenoxy) is 1. The van der Waals surface area contributed by atoms with Crippen LogP contribution < -0.4 is 9.64 Å². The highest BCUT2D eigenvalue weighted by Gasteiger charge is 2.32. The van der Waals surface area contributed by atoms with E-state index in [9.17, 15) is 9.59 Å². The molecule has 0 aromatic heterocycles. The predicted octanol–water partition coefficient (Wildman–Crippen LogP) is 6.70. The number of nitrogens with zero attached hydrogens (tertiary/aromatic N) is 2. The van der Waals surface area contributed by atoms with Gasteiger partial charge in [0, 0.05) is 29.2 Å². The standard InChI is InChI=1S/C33H34N2O3/c1-5-7-14-26(3)35(30-16-9-8-10-17-30)29(13-6-2)18-12-11-15-28-25-32(36)34(33(28)37)24-23-27-19-21-31(38-4)22-20-27/h5-22H,1,3,23-25H2,2,4H3/b12-11+,13-6-,14-7-,28-15-,29-18+. The lowest BCUT2D eigenvalue weighted by molar-refractivity contribution is -0.137. The third-order valence-corrected chi connectivity index (χ3v) is 5.94. The number of hydrogen-bond donors (Lipinski definition) is 0. The Hall–Kier alpha value is -4.64. The predicted molar refractivity (Wildman–Crippen MR) is 156 cm³/mol. The van der Waals surface area contributed by atoms with Crippen LogP contribution in [0.4, 0.5) is 5.69 Å². The monoisotopic (exact) mass is 506 g/mol. The topological polar surface area (TPSA) is 49.9 Å². The minimum absolute atomic E-state index is 0.108. The summed E-state index contributed by atoms with van der Waals surface area (Å²) in [4.78, 5) is 28.8. The summed E-state index contributed by atoms with van der Waals surface area (Å²) in [5.41, 5.74) is 4.16. The Bertz CT molecular complexity index is 1300. The van der Waals surface area contributed by atoms with Gasteiger partial charge in [-0.15, -0.1) is 0 Å². The zero-order chi connectivity index (χ0) is 27.3. The van der Waals surface area contributed by atoms with E-state index in [1.54, 1.807) is 25.3 Å². The van der Waals surface area contributed by atoms with Crippen LogP contribution in [0.5, 0.6) is 5.75 Å². The fourth-order valence-electron chi connectivity index (χ4n) is 4.02. The highest BCUT2D eigenvalue weighted by atomic mass is 16.5. The van der Waals surface area contributed by atoms with Gasteiger partial charge in [0.15, 0.2) is 0 Å². The van der Waals surface area contributed by atoms with Crippen molar-refractivity contribution in [2.75, 3.05) is 18.6 Å². The normalized spacial score (nSPS) is 15.4. The van der Waals surface area contributed by atoms with Crippen LogP contribution >= 0.6 is 0 Å². The molecule has 0 N–H and O–H groups in total. The van der Waals surface area contributed by atoms with Crippen LogP contribution in [0, 0.1) is 0 Å². The van der Waals surface area contributed by atoms with Crippen molar-refractivity contribution in [1.29, 1.82) is 0 Å². The van der Waals surface area contributed by atoms with Crippen molar-refractivity contribution in [1.82, 2.24) is 4.90 Å². The second-order valence-corrected chi connectivity index (χ2v) is 8.55. The molecule has 2 amide bonds. The number of anilines is 1. The minimum atomic E-state index is -0.236. The summed E-state index contributed by atoms with van der Waals surface area (Å²) in [7, 11) is 1.62. The molecule has 38 heavy (non-hydrogen) atoms. The number of hydrogen-bond acceptors (Lipinski definition) is 4. The second kappa shape index (κ2) is 14.2. The van der Waals surface area contributed by atoms with Crippen LogP contribution in [0.25, 0.3) is 0 Å². The molecule has 0 aliphatic carbocycles. The smallest absolute Gasteiger partial charge is 0.256 e. The Morgan fingerprint density at radius 3 is 2.42 bits per heavy atom. The second-order valence-electron chi connectivity index (χ2n) is 8.55. The molecule has 2 aromatic carbocycles. The van der Waals surface area contributed by atoms with Gasteiger partial charge in [-0.2, -0.15) is 0 Å². The summed E-state index contributed by atoms with van der Waals surface area (Å²) in [5, 5.41) is 0. The molecule has 0 atom stereocenters. The number of rotatable bonds is 12. The van der Waals surface area contributed by atoms with Gasteiger partial charge in [0.1, 0.15) is 5.75 Å². The maximum absolute atomic E-state index is 12.9. The molecule has 3 rings (SSSR count). The maximum atomic E-state index is 12.9. The number of carbonyl (C=O) groups excluding carboxylic acids is 2. The quantitative estimate of drug-likeness (QED) is 0.183. The number of para-hydroxylation sites is 1. The van der Waals surface area contributed by atoms with E-state index in [2.05, 4.69) is 13.2 Å². The molecule has 1 aliphatic rings. The molecule has 0 spiro atoms. The lowest BCUT2D eigenvalue weighted by Crippen LogP contribution is -2.31. The van der Waals surface area contributed by atoms with E-state index in [1.165, 1.54) is 4.90 Å². The average molecular weight is 507 g/mol. The fourth-order valence-corrected chi connectivity index (χ4v) is 4.02. The Morgan fingerprint density at radius 2 is 1.76 bits per heavy atom. The molecule has 1 heterocycles. The molecule has 0 bridgehead atoms. The lowest BCUT2D eigenvalue weighted by atomic mass is 10.1. The maximum Gasteiger partial charge on any atom is 0.256 e.